The molecule has 2 N–H and O–H groups in total. The van der Waals surface area contributed by atoms with Crippen molar-refractivity contribution in [3.05, 3.63) is 29.8 Å². The molecule has 1 atom stereocenters. The van der Waals surface area contributed by atoms with Crippen molar-refractivity contribution in [2.45, 2.75) is 12.5 Å². The predicted octanol–water partition coefficient (Wildman–Crippen LogP) is 1.24. The summed E-state index contributed by atoms with van der Waals surface area (Å²) in [6.45, 7) is 0.210. The Bertz CT molecular complexity index is 489. The normalized spacial score (nSPS) is 17.0. The number of carboxylic acids is 1. The number of likely N-dealkylation sites (N-methyl/N-ethyl adjacent to an activating group) is 1. The number of urea groups is 1. The maximum Gasteiger partial charge on any atom is 0.323 e. The summed E-state index contributed by atoms with van der Waals surface area (Å²) in [5.41, 5.74) is 0.922. The third-order valence-corrected chi connectivity index (χ3v) is 2.98. The molecule has 2 amide bonds. The lowest BCUT2D eigenvalue weighted by molar-refractivity contribution is -0.137. The Morgan fingerprint density at radius 2 is 2.21 bits per heavy atom. The Kier molecular flexibility index (Phi) is 3.89. The van der Waals surface area contributed by atoms with Gasteiger partial charge in [0.15, 0.2) is 0 Å². The Labute approximate surface area is 111 Å². The first-order valence-corrected chi connectivity index (χ1v) is 6.03. The molecular weight excluding hydrogens is 248 g/mol. The number of para-hydroxylation sites is 1. The topological polar surface area (TPSA) is 78.9 Å². The van der Waals surface area contributed by atoms with Crippen LogP contribution in [-0.4, -0.2) is 42.2 Å². The lowest BCUT2D eigenvalue weighted by Gasteiger charge is -2.28. The Balaban J connectivity index is 2.04. The number of benzene rings is 1. The fourth-order valence-corrected chi connectivity index (χ4v) is 2.03. The predicted molar refractivity (Wildman–Crippen MR) is 68.1 cm³/mol. The van der Waals surface area contributed by atoms with Crippen LogP contribution >= 0.6 is 0 Å². The average molecular weight is 264 g/mol. The highest BCUT2D eigenvalue weighted by molar-refractivity contribution is 5.80. The number of hydrogen-bond acceptors (Lipinski definition) is 3. The van der Waals surface area contributed by atoms with Gasteiger partial charge in [-0.1, -0.05) is 18.2 Å². The first-order chi connectivity index (χ1) is 9.08. The molecule has 0 fully saturated rings. The van der Waals surface area contributed by atoms with E-state index >= 15 is 0 Å². The number of rotatable bonds is 3. The van der Waals surface area contributed by atoms with Crippen molar-refractivity contribution in [3.63, 3.8) is 0 Å². The average Bonchev–Trinajstić information content (AvgIpc) is 2.38. The highest BCUT2D eigenvalue weighted by Gasteiger charge is 2.24. The summed E-state index contributed by atoms with van der Waals surface area (Å²) in [6.07, 6.45) is 0.670. The van der Waals surface area contributed by atoms with Crippen molar-refractivity contribution in [1.29, 1.82) is 0 Å². The van der Waals surface area contributed by atoms with Crippen molar-refractivity contribution in [1.82, 2.24) is 10.2 Å². The standard InChI is InChI=1S/C13H16N2O4/c1-15(8-12(16)17)13(18)14-10-6-7-19-11-5-3-2-4-9(10)11/h2-5,10H,6-8H2,1H3,(H,14,18)(H,16,17). The summed E-state index contributed by atoms with van der Waals surface area (Å²) in [5, 5.41) is 11.5. The number of nitrogens with zero attached hydrogens (tertiary/aromatic N) is 1. The van der Waals surface area contributed by atoms with Gasteiger partial charge in [-0.25, -0.2) is 4.79 Å². The van der Waals surface area contributed by atoms with E-state index < -0.39 is 12.0 Å². The van der Waals surface area contributed by atoms with Gasteiger partial charge < -0.3 is 20.1 Å². The number of fused-ring (bicyclic) bond motifs is 1. The minimum Gasteiger partial charge on any atom is -0.493 e. The van der Waals surface area contributed by atoms with Crippen molar-refractivity contribution in [3.8, 4) is 5.75 Å². The minimum atomic E-state index is -1.04. The lowest BCUT2D eigenvalue weighted by atomic mass is 10.0. The zero-order chi connectivity index (χ0) is 13.8. The smallest absolute Gasteiger partial charge is 0.323 e. The van der Waals surface area contributed by atoms with Crippen molar-refractivity contribution in [2.75, 3.05) is 20.2 Å². The van der Waals surface area contributed by atoms with E-state index in [-0.39, 0.29) is 12.6 Å². The summed E-state index contributed by atoms with van der Waals surface area (Å²) in [4.78, 5) is 23.6. The number of carbonyl (C=O) groups is 2. The number of aliphatic carboxylic acids is 1. The number of hydrogen-bond donors (Lipinski definition) is 2. The molecule has 1 aromatic rings. The molecule has 0 aromatic heterocycles. The molecule has 2 rings (SSSR count). The van der Waals surface area contributed by atoms with E-state index in [2.05, 4.69) is 5.32 Å². The summed E-state index contributed by atoms with van der Waals surface area (Å²) < 4.78 is 5.50. The number of carboxylic acid groups (broad SMARTS) is 1. The maximum atomic E-state index is 11.9. The summed E-state index contributed by atoms with van der Waals surface area (Å²) in [7, 11) is 1.45. The molecule has 0 saturated heterocycles. The number of amides is 2. The van der Waals surface area contributed by atoms with Gasteiger partial charge >= 0.3 is 12.0 Å². The van der Waals surface area contributed by atoms with Gasteiger partial charge in [-0.2, -0.15) is 0 Å². The van der Waals surface area contributed by atoms with Crippen LogP contribution in [0, 0.1) is 0 Å². The van der Waals surface area contributed by atoms with Crippen LogP contribution in [-0.2, 0) is 4.79 Å². The third-order valence-electron chi connectivity index (χ3n) is 2.98. The van der Waals surface area contributed by atoms with Crippen LogP contribution in [0.15, 0.2) is 24.3 Å². The summed E-state index contributed by atoms with van der Waals surface area (Å²) in [6, 6.07) is 6.97. The van der Waals surface area contributed by atoms with Gasteiger partial charge in [0.05, 0.1) is 12.6 Å². The van der Waals surface area contributed by atoms with E-state index in [9.17, 15) is 9.59 Å². The Morgan fingerprint density at radius 1 is 1.47 bits per heavy atom. The van der Waals surface area contributed by atoms with Gasteiger partial charge in [0.2, 0.25) is 0 Å². The van der Waals surface area contributed by atoms with Crippen LogP contribution in [0.3, 0.4) is 0 Å². The highest BCUT2D eigenvalue weighted by atomic mass is 16.5. The van der Waals surface area contributed by atoms with Crippen molar-refractivity contribution < 1.29 is 19.4 Å². The quantitative estimate of drug-likeness (QED) is 0.860. The third kappa shape index (κ3) is 3.15. The second-order valence-electron chi connectivity index (χ2n) is 4.43. The first-order valence-electron chi connectivity index (χ1n) is 6.03. The molecule has 1 aliphatic heterocycles. The van der Waals surface area contributed by atoms with Gasteiger partial charge in [0.1, 0.15) is 12.3 Å². The van der Waals surface area contributed by atoms with Crippen LogP contribution in [0.25, 0.3) is 0 Å². The number of ether oxygens (including phenoxy) is 1. The van der Waals surface area contributed by atoms with Crippen LogP contribution in [0.4, 0.5) is 4.79 Å². The summed E-state index contributed by atoms with van der Waals surface area (Å²) >= 11 is 0. The molecule has 0 aliphatic carbocycles. The van der Waals surface area contributed by atoms with Crippen molar-refractivity contribution >= 4 is 12.0 Å². The summed E-state index contributed by atoms with van der Waals surface area (Å²) in [5.74, 6) is -0.273. The highest BCUT2D eigenvalue weighted by Crippen LogP contribution is 2.31. The molecule has 1 aliphatic rings. The molecular formula is C13H16N2O4. The molecule has 1 heterocycles. The lowest BCUT2D eigenvalue weighted by Crippen LogP contribution is -2.42. The van der Waals surface area contributed by atoms with Gasteiger partial charge in [-0.05, 0) is 6.07 Å². The van der Waals surface area contributed by atoms with Gasteiger partial charge in [0.25, 0.3) is 0 Å². The fourth-order valence-electron chi connectivity index (χ4n) is 2.03. The molecule has 19 heavy (non-hydrogen) atoms. The molecule has 0 saturated carbocycles. The SMILES string of the molecule is CN(CC(=O)O)C(=O)NC1CCOc2ccccc21. The molecule has 6 heteroatoms. The number of nitrogens with one attached hydrogen (secondary N) is 1. The molecule has 102 valence electrons. The maximum absolute atomic E-state index is 11.9. The molecule has 1 aromatic carbocycles. The van der Waals surface area contributed by atoms with Gasteiger partial charge in [-0.15, -0.1) is 0 Å². The van der Waals surface area contributed by atoms with Gasteiger partial charge in [0, 0.05) is 19.0 Å². The van der Waals surface area contributed by atoms with Gasteiger partial charge in [-0.3, -0.25) is 4.79 Å². The van der Waals surface area contributed by atoms with E-state index in [1.807, 2.05) is 24.3 Å². The largest absolute Gasteiger partial charge is 0.493 e. The first kappa shape index (κ1) is 13.2. The second kappa shape index (κ2) is 5.60. The van der Waals surface area contributed by atoms with E-state index in [0.717, 1.165) is 16.2 Å². The van der Waals surface area contributed by atoms with E-state index in [0.29, 0.717) is 13.0 Å². The zero-order valence-corrected chi connectivity index (χ0v) is 10.6. The minimum absolute atomic E-state index is 0.145. The number of carbonyl (C=O) groups excluding carboxylic acids is 1. The molecule has 0 radical (unpaired) electrons. The van der Waals surface area contributed by atoms with Crippen LogP contribution in [0.2, 0.25) is 0 Å². The van der Waals surface area contributed by atoms with Crippen molar-refractivity contribution in [2.24, 2.45) is 0 Å². The zero-order valence-electron chi connectivity index (χ0n) is 10.6. The Hall–Kier alpha value is -2.24. The second-order valence-corrected chi connectivity index (χ2v) is 4.43. The van der Waals surface area contributed by atoms with Crippen LogP contribution in [0.1, 0.15) is 18.0 Å². The monoisotopic (exact) mass is 264 g/mol. The fraction of sp³-hybridized carbons (Fsp3) is 0.385. The molecule has 1 unspecified atom stereocenters. The van der Waals surface area contributed by atoms with E-state index in [1.54, 1.807) is 0 Å². The molecule has 0 spiro atoms. The van der Waals surface area contributed by atoms with Crippen LogP contribution < -0.4 is 10.1 Å². The van der Waals surface area contributed by atoms with Crippen LogP contribution in [0.5, 0.6) is 5.75 Å². The molecule has 0 bridgehead atoms. The molecule has 6 nitrogen and oxygen atoms in total. The van der Waals surface area contributed by atoms with E-state index in [1.165, 1.54) is 7.05 Å². The van der Waals surface area contributed by atoms with E-state index in [4.69, 9.17) is 9.84 Å². The Morgan fingerprint density at radius 3 is 2.95 bits per heavy atom.